The van der Waals surface area contributed by atoms with Crippen LogP contribution in [0.15, 0.2) is 24.3 Å². The molecule has 0 aromatic heterocycles. The minimum Gasteiger partial charge on any atom is -0.449 e. The molecule has 0 aliphatic carbocycles. The number of ether oxygens (including phenoxy) is 1. The van der Waals surface area contributed by atoms with Crippen molar-refractivity contribution in [1.29, 1.82) is 5.26 Å². The molecule has 1 amide bonds. The largest absolute Gasteiger partial charge is 0.449 e. The molecule has 8 heteroatoms. The summed E-state index contributed by atoms with van der Waals surface area (Å²) >= 11 is 0. The minimum absolute atomic E-state index is 0.0599. The zero-order valence-electron chi connectivity index (χ0n) is 13.4. The predicted octanol–water partition coefficient (Wildman–Crippen LogP) is 0.749. The Hall–Kier alpha value is -2.40. The van der Waals surface area contributed by atoms with Gasteiger partial charge in [0.15, 0.2) is 15.9 Å². The van der Waals surface area contributed by atoms with Crippen LogP contribution < -0.4 is 0 Å². The van der Waals surface area contributed by atoms with Gasteiger partial charge < -0.3 is 9.64 Å². The molecule has 24 heavy (non-hydrogen) atoms. The second kappa shape index (κ2) is 7.01. The first kappa shape index (κ1) is 17.9. The van der Waals surface area contributed by atoms with Crippen LogP contribution in [-0.4, -0.2) is 55.9 Å². The van der Waals surface area contributed by atoms with E-state index < -0.39 is 33.9 Å². The summed E-state index contributed by atoms with van der Waals surface area (Å²) in [5.74, 6) is -1.17. The lowest BCUT2D eigenvalue weighted by atomic mass is 10.1. The Kier molecular flexibility index (Phi) is 5.24. The summed E-state index contributed by atoms with van der Waals surface area (Å²) < 4.78 is 28.2. The first-order chi connectivity index (χ1) is 11.2. The summed E-state index contributed by atoms with van der Waals surface area (Å²) in [4.78, 5) is 25.7. The molecule has 0 N–H and O–H groups in total. The lowest BCUT2D eigenvalue weighted by Gasteiger charge is -2.26. The number of carbonyl (C=O) groups is 2. The average Bonchev–Trinajstić information content (AvgIpc) is 2.93. The number of carbonyl (C=O) groups excluding carboxylic acids is 2. The normalized spacial score (nSPS) is 20.0. The second-order valence-electron chi connectivity index (χ2n) is 5.75. The second-order valence-corrected chi connectivity index (χ2v) is 7.97. The van der Waals surface area contributed by atoms with Crippen molar-refractivity contribution in [3.05, 3.63) is 35.4 Å². The van der Waals surface area contributed by atoms with E-state index >= 15 is 0 Å². The van der Waals surface area contributed by atoms with E-state index in [1.54, 1.807) is 12.1 Å². The number of sulfone groups is 1. The highest BCUT2D eigenvalue weighted by Crippen LogP contribution is 2.18. The SMILES string of the molecule is C[C@H](OC(=O)c1cccc(C#N)c1)C(=O)N(C)[C@H]1CCS(=O)(=O)C1. The number of amides is 1. The fourth-order valence-electron chi connectivity index (χ4n) is 2.54. The number of esters is 1. The molecule has 1 aliphatic rings. The summed E-state index contributed by atoms with van der Waals surface area (Å²) in [5, 5.41) is 8.84. The van der Waals surface area contributed by atoms with Gasteiger partial charge in [0.25, 0.3) is 5.91 Å². The van der Waals surface area contributed by atoms with Gasteiger partial charge in [-0.3, -0.25) is 4.79 Å². The van der Waals surface area contributed by atoms with Crippen molar-refractivity contribution in [3.8, 4) is 6.07 Å². The van der Waals surface area contributed by atoms with E-state index in [9.17, 15) is 18.0 Å². The van der Waals surface area contributed by atoms with Gasteiger partial charge in [0.05, 0.1) is 28.7 Å². The summed E-state index contributed by atoms with van der Waals surface area (Å²) in [6.45, 7) is 1.44. The average molecular weight is 350 g/mol. The maximum absolute atomic E-state index is 12.3. The summed E-state index contributed by atoms with van der Waals surface area (Å²) in [5.41, 5.74) is 0.497. The third-order valence-corrected chi connectivity index (χ3v) is 5.71. The molecule has 0 radical (unpaired) electrons. The first-order valence-corrected chi connectivity index (χ1v) is 9.24. The molecule has 1 aliphatic heterocycles. The maximum Gasteiger partial charge on any atom is 0.338 e. The van der Waals surface area contributed by atoms with Crippen LogP contribution in [0, 0.1) is 11.3 Å². The van der Waals surface area contributed by atoms with Gasteiger partial charge in [0.1, 0.15) is 0 Å². The van der Waals surface area contributed by atoms with Crippen molar-refractivity contribution in [3.63, 3.8) is 0 Å². The Bertz CT molecular complexity index is 797. The van der Waals surface area contributed by atoms with Gasteiger partial charge in [-0.15, -0.1) is 0 Å². The van der Waals surface area contributed by atoms with Crippen LogP contribution in [0.2, 0.25) is 0 Å². The van der Waals surface area contributed by atoms with E-state index in [0.717, 1.165) is 0 Å². The quantitative estimate of drug-likeness (QED) is 0.742. The standard InChI is InChI=1S/C16H18N2O5S/c1-11(15(19)18(2)14-6-7-24(21,22)10-14)23-16(20)13-5-3-4-12(8-13)9-17/h3-5,8,11,14H,6-7,10H2,1-2H3/t11-,14-/m0/s1. The van der Waals surface area contributed by atoms with E-state index in [1.165, 1.54) is 31.0 Å². The molecule has 1 fully saturated rings. The fraction of sp³-hybridized carbons (Fsp3) is 0.438. The predicted molar refractivity (Wildman–Crippen MR) is 85.9 cm³/mol. The van der Waals surface area contributed by atoms with E-state index in [2.05, 4.69) is 0 Å². The number of nitrogens with zero attached hydrogens (tertiary/aromatic N) is 2. The van der Waals surface area contributed by atoms with Gasteiger partial charge in [0, 0.05) is 13.1 Å². The van der Waals surface area contributed by atoms with Crippen LogP contribution in [0.3, 0.4) is 0 Å². The van der Waals surface area contributed by atoms with Gasteiger partial charge in [-0.05, 0) is 31.5 Å². The Morgan fingerprint density at radius 1 is 1.42 bits per heavy atom. The van der Waals surface area contributed by atoms with Crippen LogP contribution in [-0.2, 0) is 19.4 Å². The number of likely N-dealkylation sites (N-methyl/N-ethyl adjacent to an activating group) is 1. The van der Waals surface area contributed by atoms with Crippen molar-refractivity contribution >= 4 is 21.7 Å². The van der Waals surface area contributed by atoms with Crippen molar-refractivity contribution < 1.29 is 22.7 Å². The Balaban J connectivity index is 2.00. The molecule has 1 heterocycles. The lowest BCUT2D eigenvalue weighted by molar-refractivity contribution is -0.140. The summed E-state index contributed by atoms with van der Waals surface area (Å²) in [6.07, 6.45) is -0.660. The van der Waals surface area contributed by atoms with Crippen LogP contribution in [0.5, 0.6) is 0 Å². The first-order valence-electron chi connectivity index (χ1n) is 7.42. The number of nitriles is 1. The van der Waals surface area contributed by atoms with E-state index in [0.29, 0.717) is 12.0 Å². The molecule has 0 bridgehead atoms. The van der Waals surface area contributed by atoms with Crippen LogP contribution >= 0.6 is 0 Å². The summed E-state index contributed by atoms with van der Waals surface area (Å²) in [7, 11) is -1.60. The summed E-state index contributed by atoms with van der Waals surface area (Å²) in [6, 6.07) is 7.51. The molecule has 2 rings (SSSR count). The monoisotopic (exact) mass is 350 g/mol. The van der Waals surface area contributed by atoms with Gasteiger partial charge in [-0.25, -0.2) is 13.2 Å². The maximum atomic E-state index is 12.3. The van der Waals surface area contributed by atoms with Crippen molar-refractivity contribution in [2.75, 3.05) is 18.6 Å². The number of benzene rings is 1. The molecule has 1 aromatic rings. The van der Waals surface area contributed by atoms with Gasteiger partial charge in [0.2, 0.25) is 0 Å². The smallest absolute Gasteiger partial charge is 0.338 e. The third-order valence-electron chi connectivity index (χ3n) is 3.96. The third kappa shape index (κ3) is 4.11. The molecular formula is C16H18N2O5S. The zero-order valence-corrected chi connectivity index (χ0v) is 14.2. The van der Waals surface area contributed by atoms with E-state index in [-0.39, 0.29) is 17.1 Å². The topological polar surface area (TPSA) is 105 Å². The number of hydrogen-bond acceptors (Lipinski definition) is 6. The Morgan fingerprint density at radius 3 is 2.71 bits per heavy atom. The molecule has 1 saturated heterocycles. The van der Waals surface area contributed by atoms with Crippen molar-refractivity contribution in [2.45, 2.75) is 25.5 Å². The van der Waals surface area contributed by atoms with Crippen LogP contribution in [0.1, 0.15) is 29.3 Å². The Labute approximate surface area is 140 Å². The molecule has 0 unspecified atom stereocenters. The highest BCUT2D eigenvalue weighted by atomic mass is 32.2. The minimum atomic E-state index is -3.11. The molecular weight excluding hydrogens is 332 g/mol. The van der Waals surface area contributed by atoms with Gasteiger partial charge in [-0.1, -0.05) is 6.07 Å². The van der Waals surface area contributed by atoms with E-state index in [1.807, 2.05) is 6.07 Å². The molecule has 0 saturated carbocycles. The van der Waals surface area contributed by atoms with E-state index in [4.69, 9.17) is 10.00 Å². The number of rotatable bonds is 4. The molecule has 128 valence electrons. The zero-order chi connectivity index (χ0) is 17.9. The van der Waals surface area contributed by atoms with Crippen molar-refractivity contribution in [1.82, 2.24) is 4.90 Å². The molecule has 1 aromatic carbocycles. The van der Waals surface area contributed by atoms with Crippen LogP contribution in [0.25, 0.3) is 0 Å². The molecule has 2 atom stereocenters. The molecule has 7 nitrogen and oxygen atoms in total. The number of hydrogen-bond donors (Lipinski definition) is 0. The highest BCUT2D eigenvalue weighted by molar-refractivity contribution is 7.91. The highest BCUT2D eigenvalue weighted by Gasteiger charge is 2.35. The lowest BCUT2D eigenvalue weighted by Crippen LogP contribution is -2.44. The fourth-order valence-corrected chi connectivity index (χ4v) is 4.32. The molecule has 0 spiro atoms. The van der Waals surface area contributed by atoms with Crippen molar-refractivity contribution in [2.24, 2.45) is 0 Å². The van der Waals surface area contributed by atoms with Gasteiger partial charge in [-0.2, -0.15) is 5.26 Å². The Morgan fingerprint density at radius 2 is 2.12 bits per heavy atom. The van der Waals surface area contributed by atoms with Gasteiger partial charge >= 0.3 is 5.97 Å². The van der Waals surface area contributed by atoms with Crippen LogP contribution in [0.4, 0.5) is 0 Å².